The Morgan fingerprint density at radius 3 is 2.73 bits per heavy atom. The Morgan fingerprint density at radius 2 is 1.91 bits per heavy atom. The first-order chi connectivity index (χ1) is 16.1. The van der Waals surface area contributed by atoms with Crippen LogP contribution in [-0.2, 0) is 0 Å². The summed E-state index contributed by atoms with van der Waals surface area (Å²) >= 11 is 0. The summed E-state index contributed by atoms with van der Waals surface area (Å²) in [6.45, 7) is 4.30. The molecule has 1 atom stereocenters. The van der Waals surface area contributed by atoms with E-state index < -0.39 is 0 Å². The van der Waals surface area contributed by atoms with E-state index in [0.29, 0.717) is 17.9 Å². The molecule has 0 unspecified atom stereocenters. The fourth-order valence-electron chi connectivity index (χ4n) is 4.63. The molecule has 1 saturated heterocycles. The van der Waals surface area contributed by atoms with Crippen molar-refractivity contribution in [3.8, 4) is 17.0 Å². The summed E-state index contributed by atoms with van der Waals surface area (Å²) in [4.78, 5) is 24.2. The van der Waals surface area contributed by atoms with Gasteiger partial charge in [-0.05, 0) is 63.3 Å². The zero-order chi connectivity index (χ0) is 22.4. The molecule has 1 aliphatic heterocycles. The van der Waals surface area contributed by atoms with Gasteiger partial charge in [0.15, 0.2) is 0 Å². The summed E-state index contributed by atoms with van der Waals surface area (Å²) in [7, 11) is 2.15. The average molecular weight is 444 g/mol. The Balaban J connectivity index is 1.26. The van der Waals surface area contributed by atoms with Crippen molar-refractivity contribution in [1.29, 1.82) is 0 Å². The fraction of sp³-hybridized carbons (Fsp3) is 0.440. The SMILES string of the molecule is C[C@@H](Nc1ncc2c(-c3ccc4ncc(OC5CCN(C)CC5)nc4c3)c[nH]c2n1)C1CC1. The van der Waals surface area contributed by atoms with E-state index in [2.05, 4.69) is 56.3 Å². The van der Waals surface area contributed by atoms with Gasteiger partial charge in [-0.15, -0.1) is 0 Å². The number of likely N-dealkylation sites (tertiary alicyclic amines) is 1. The molecule has 6 rings (SSSR count). The van der Waals surface area contributed by atoms with Crippen molar-refractivity contribution in [1.82, 2.24) is 29.8 Å². The van der Waals surface area contributed by atoms with Gasteiger partial charge in [0.05, 0.1) is 17.2 Å². The van der Waals surface area contributed by atoms with Gasteiger partial charge >= 0.3 is 0 Å². The molecule has 8 nitrogen and oxygen atoms in total. The molecule has 3 aromatic heterocycles. The molecule has 0 amide bonds. The van der Waals surface area contributed by atoms with E-state index in [1.165, 1.54) is 12.8 Å². The first kappa shape index (κ1) is 20.4. The van der Waals surface area contributed by atoms with E-state index in [4.69, 9.17) is 9.72 Å². The number of nitrogens with one attached hydrogen (secondary N) is 2. The number of piperidine rings is 1. The zero-order valence-corrected chi connectivity index (χ0v) is 19.1. The average Bonchev–Trinajstić information content (AvgIpc) is 3.60. The molecule has 33 heavy (non-hydrogen) atoms. The number of anilines is 1. The van der Waals surface area contributed by atoms with Crippen LogP contribution < -0.4 is 10.1 Å². The topological polar surface area (TPSA) is 91.9 Å². The molecule has 2 aliphatic rings. The molecule has 2 N–H and O–H groups in total. The lowest BCUT2D eigenvalue weighted by atomic mass is 10.1. The van der Waals surface area contributed by atoms with Crippen molar-refractivity contribution in [2.24, 2.45) is 5.92 Å². The smallest absolute Gasteiger partial charge is 0.233 e. The highest BCUT2D eigenvalue weighted by atomic mass is 16.5. The van der Waals surface area contributed by atoms with Crippen LogP contribution in [0.3, 0.4) is 0 Å². The minimum atomic E-state index is 0.201. The molecule has 0 spiro atoms. The summed E-state index contributed by atoms with van der Waals surface area (Å²) in [6, 6.07) is 6.54. The monoisotopic (exact) mass is 443 g/mol. The number of benzene rings is 1. The van der Waals surface area contributed by atoms with Crippen molar-refractivity contribution >= 4 is 28.0 Å². The Hall–Kier alpha value is -3.26. The molecule has 0 bridgehead atoms. The van der Waals surface area contributed by atoms with Crippen molar-refractivity contribution in [2.45, 2.75) is 44.8 Å². The maximum Gasteiger partial charge on any atom is 0.233 e. The third-order valence-electron chi connectivity index (χ3n) is 6.90. The Bertz CT molecular complexity index is 1290. The summed E-state index contributed by atoms with van der Waals surface area (Å²) in [5.41, 5.74) is 4.61. The number of aromatic nitrogens is 5. The van der Waals surface area contributed by atoms with Crippen LogP contribution in [0.25, 0.3) is 33.2 Å². The number of rotatable bonds is 6. The molecular formula is C25H29N7O. The Kier molecular flexibility index (Phi) is 5.10. The molecule has 1 saturated carbocycles. The normalized spacial score (nSPS) is 18.6. The Labute approximate surface area is 192 Å². The summed E-state index contributed by atoms with van der Waals surface area (Å²) < 4.78 is 6.15. The molecule has 1 aliphatic carbocycles. The molecule has 1 aromatic carbocycles. The van der Waals surface area contributed by atoms with Crippen LogP contribution >= 0.6 is 0 Å². The fourth-order valence-corrected chi connectivity index (χ4v) is 4.63. The molecule has 8 heteroatoms. The minimum Gasteiger partial charge on any atom is -0.473 e. The Morgan fingerprint density at radius 1 is 1.06 bits per heavy atom. The standard InChI is InChI=1S/C25H29N7O/c1-15(16-3-4-16)29-25-28-13-20-19(12-27-24(20)31-25)17-5-6-21-22(11-17)30-23(14-26-21)33-18-7-9-32(2)10-8-18/h5-6,11-16,18H,3-4,7-10H2,1-2H3,(H2,27,28,29,31)/t15-/m1/s1. The lowest BCUT2D eigenvalue weighted by Crippen LogP contribution is -2.35. The molecule has 170 valence electrons. The number of ether oxygens (including phenoxy) is 1. The van der Waals surface area contributed by atoms with Crippen LogP contribution in [-0.4, -0.2) is 62.1 Å². The summed E-state index contributed by atoms with van der Waals surface area (Å²) in [6.07, 6.45) is 10.4. The molecule has 4 aromatic rings. The van der Waals surface area contributed by atoms with Gasteiger partial charge in [0, 0.05) is 42.5 Å². The minimum absolute atomic E-state index is 0.201. The van der Waals surface area contributed by atoms with Gasteiger partial charge in [0.1, 0.15) is 11.8 Å². The van der Waals surface area contributed by atoms with E-state index >= 15 is 0 Å². The van der Waals surface area contributed by atoms with Gasteiger partial charge in [0.2, 0.25) is 11.8 Å². The number of fused-ring (bicyclic) bond motifs is 2. The van der Waals surface area contributed by atoms with Crippen LogP contribution in [0.4, 0.5) is 5.95 Å². The van der Waals surface area contributed by atoms with Crippen molar-refractivity contribution in [3.05, 3.63) is 36.8 Å². The number of nitrogens with zero attached hydrogens (tertiary/aromatic N) is 5. The second kappa shape index (κ2) is 8.26. The molecule has 2 fully saturated rings. The van der Waals surface area contributed by atoms with E-state index in [9.17, 15) is 0 Å². The van der Waals surface area contributed by atoms with Crippen LogP contribution in [0.15, 0.2) is 36.8 Å². The van der Waals surface area contributed by atoms with Gasteiger partial charge in [-0.2, -0.15) is 4.98 Å². The largest absolute Gasteiger partial charge is 0.473 e. The molecule has 4 heterocycles. The van der Waals surface area contributed by atoms with Crippen LogP contribution in [0.1, 0.15) is 32.6 Å². The van der Waals surface area contributed by atoms with E-state index in [-0.39, 0.29) is 6.10 Å². The van der Waals surface area contributed by atoms with Gasteiger partial charge in [-0.3, -0.25) is 0 Å². The highest BCUT2D eigenvalue weighted by molar-refractivity contribution is 5.95. The third kappa shape index (κ3) is 4.23. The van der Waals surface area contributed by atoms with Crippen LogP contribution in [0.5, 0.6) is 5.88 Å². The predicted molar refractivity (Wildman–Crippen MR) is 129 cm³/mol. The highest BCUT2D eigenvalue weighted by Crippen LogP contribution is 2.34. The van der Waals surface area contributed by atoms with Crippen molar-refractivity contribution < 1.29 is 4.74 Å². The number of hydrogen-bond donors (Lipinski definition) is 2. The van der Waals surface area contributed by atoms with Crippen molar-refractivity contribution in [2.75, 3.05) is 25.5 Å². The molecule has 0 radical (unpaired) electrons. The van der Waals surface area contributed by atoms with E-state index in [1.807, 2.05) is 18.5 Å². The van der Waals surface area contributed by atoms with Crippen LogP contribution in [0, 0.1) is 5.92 Å². The third-order valence-corrected chi connectivity index (χ3v) is 6.90. The van der Waals surface area contributed by atoms with Crippen LogP contribution in [0.2, 0.25) is 0 Å². The number of aromatic amines is 1. The van der Waals surface area contributed by atoms with Gasteiger partial charge in [-0.25, -0.2) is 15.0 Å². The first-order valence-corrected chi connectivity index (χ1v) is 11.9. The number of hydrogen-bond acceptors (Lipinski definition) is 7. The second-order valence-electron chi connectivity index (χ2n) is 9.46. The summed E-state index contributed by atoms with van der Waals surface area (Å²) in [5.74, 6) is 2.02. The quantitative estimate of drug-likeness (QED) is 0.460. The lowest BCUT2D eigenvalue weighted by Gasteiger charge is -2.28. The lowest BCUT2D eigenvalue weighted by molar-refractivity contribution is 0.110. The van der Waals surface area contributed by atoms with Gasteiger partial charge < -0.3 is 19.9 Å². The van der Waals surface area contributed by atoms with Crippen molar-refractivity contribution in [3.63, 3.8) is 0 Å². The number of H-pyrrole nitrogens is 1. The van der Waals surface area contributed by atoms with Gasteiger partial charge in [0.25, 0.3) is 0 Å². The van der Waals surface area contributed by atoms with E-state index in [0.717, 1.165) is 65.0 Å². The molecular weight excluding hydrogens is 414 g/mol. The zero-order valence-electron chi connectivity index (χ0n) is 19.1. The highest BCUT2D eigenvalue weighted by Gasteiger charge is 2.28. The van der Waals surface area contributed by atoms with E-state index in [1.54, 1.807) is 6.20 Å². The first-order valence-electron chi connectivity index (χ1n) is 11.9. The predicted octanol–water partition coefficient (Wildman–Crippen LogP) is 4.25. The maximum absolute atomic E-state index is 6.15. The summed E-state index contributed by atoms with van der Waals surface area (Å²) in [5, 5.41) is 4.43. The van der Waals surface area contributed by atoms with Gasteiger partial charge in [-0.1, -0.05) is 6.07 Å². The maximum atomic E-state index is 6.15. The second-order valence-corrected chi connectivity index (χ2v) is 9.46.